The summed E-state index contributed by atoms with van der Waals surface area (Å²) in [6.07, 6.45) is 1.95. The van der Waals surface area contributed by atoms with Gasteiger partial charge in [-0.15, -0.1) is 0 Å². The van der Waals surface area contributed by atoms with Crippen LogP contribution in [0.4, 0.5) is 0 Å². The summed E-state index contributed by atoms with van der Waals surface area (Å²) in [6.45, 7) is 8.05. The standard InChI is InChI=1S/C12H20N2O4/c1-11(2,3)5-6-18-12(4)8(10(16)17)9(15)13-7-14-12/h7-8H,5-6H2,1-4H3,(H,16,17)(H,13,14,15). The highest BCUT2D eigenvalue weighted by molar-refractivity contribution is 6.04. The number of carboxylic acids is 1. The first-order valence-electron chi connectivity index (χ1n) is 5.86. The average Bonchev–Trinajstić information content (AvgIpc) is 2.13. The van der Waals surface area contributed by atoms with Gasteiger partial charge in [0.05, 0.1) is 12.9 Å². The first-order chi connectivity index (χ1) is 8.16. The molecule has 18 heavy (non-hydrogen) atoms. The molecular formula is C12H20N2O4. The molecule has 0 spiro atoms. The monoisotopic (exact) mass is 256 g/mol. The number of nitrogens with one attached hydrogen (secondary N) is 1. The maximum atomic E-state index is 11.5. The van der Waals surface area contributed by atoms with Crippen molar-refractivity contribution in [3.63, 3.8) is 0 Å². The second kappa shape index (κ2) is 5.06. The van der Waals surface area contributed by atoms with Crippen LogP contribution >= 0.6 is 0 Å². The van der Waals surface area contributed by atoms with Gasteiger partial charge in [0.15, 0.2) is 11.6 Å². The first kappa shape index (κ1) is 14.6. The van der Waals surface area contributed by atoms with Crippen molar-refractivity contribution in [2.45, 2.75) is 39.8 Å². The minimum atomic E-state index is -1.33. The number of hydrogen-bond donors (Lipinski definition) is 2. The molecule has 0 aromatic carbocycles. The molecule has 6 heteroatoms. The molecule has 2 atom stereocenters. The van der Waals surface area contributed by atoms with E-state index in [1.165, 1.54) is 13.3 Å². The summed E-state index contributed by atoms with van der Waals surface area (Å²) < 4.78 is 5.55. The van der Waals surface area contributed by atoms with Crippen molar-refractivity contribution >= 4 is 18.2 Å². The lowest BCUT2D eigenvalue weighted by molar-refractivity contribution is -0.163. The van der Waals surface area contributed by atoms with Crippen LogP contribution in [0.25, 0.3) is 0 Å². The van der Waals surface area contributed by atoms with Gasteiger partial charge in [0.25, 0.3) is 0 Å². The Labute approximate surface area is 106 Å². The molecule has 0 radical (unpaired) electrons. The molecule has 6 nitrogen and oxygen atoms in total. The SMILES string of the molecule is CC(C)(C)CCOC1(C)N=CNC(=O)C1C(=O)O. The number of hydrogen-bond acceptors (Lipinski definition) is 4. The second-order valence-electron chi connectivity index (χ2n) is 5.75. The van der Waals surface area contributed by atoms with Crippen LogP contribution in [-0.4, -0.2) is 35.7 Å². The highest BCUT2D eigenvalue weighted by Crippen LogP contribution is 2.28. The van der Waals surface area contributed by atoms with Crippen LogP contribution in [0.3, 0.4) is 0 Å². The van der Waals surface area contributed by atoms with E-state index in [1.54, 1.807) is 0 Å². The molecule has 0 saturated carbocycles. The number of nitrogens with zero attached hydrogens (tertiary/aromatic N) is 1. The van der Waals surface area contributed by atoms with E-state index in [1.807, 2.05) is 0 Å². The zero-order valence-electron chi connectivity index (χ0n) is 11.2. The van der Waals surface area contributed by atoms with Crippen LogP contribution in [-0.2, 0) is 14.3 Å². The van der Waals surface area contributed by atoms with E-state index < -0.39 is 23.5 Å². The molecule has 1 aliphatic heterocycles. The molecule has 0 aromatic rings. The van der Waals surface area contributed by atoms with E-state index in [-0.39, 0.29) is 5.41 Å². The lowest BCUT2D eigenvalue weighted by Gasteiger charge is -2.33. The molecule has 0 aromatic heterocycles. The van der Waals surface area contributed by atoms with E-state index in [0.29, 0.717) is 6.61 Å². The Bertz CT molecular complexity index is 373. The lowest BCUT2D eigenvalue weighted by atomic mass is 9.92. The fraction of sp³-hybridized carbons (Fsp3) is 0.750. The number of rotatable bonds is 4. The van der Waals surface area contributed by atoms with E-state index in [2.05, 4.69) is 31.1 Å². The van der Waals surface area contributed by atoms with Crippen molar-refractivity contribution in [1.29, 1.82) is 0 Å². The Hall–Kier alpha value is -1.43. The van der Waals surface area contributed by atoms with Crippen LogP contribution in [0.2, 0.25) is 0 Å². The van der Waals surface area contributed by atoms with Gasteiger partial charge in [0, 0.05) is 0 Å². The van der Waals surface area contributed by atoms with E-state index in [0.717, 1.165) is 6.42 Å². The molecule has 2 unspecified atom stereocenters. The topological polar surface area (TPSA) is 88.0 Å². The molecule has 2 N–H and O–H groups in total. The Morgan fingerprint density at radius 3 is 2.72 bits per heavy atom. The summed E-state index contributed by atoms with van der Waals surface area (Å²) in [4.78, 5) is 26.6. The van der Waals surface area contributed by atoms with E-state index >= 15 is 0 Å². The van der Waals surface area contributed by atoms with Crippen LogP contribution in [0, 0.1) is 11.3 Å². The van der Waals surface area contributed by atoms with Gasteiger partial charge in [-0.3, -0.25) is 9.59 Å². The molecule has 1 rings (SSSR count). The summed E-state index contributed by atoms with van der Waals surface area (Å²) in [5.41, 5.74) is -1.25. The number of ether oxygens (including phenoxy) is 1. The number of carbonyl (C=O) groups excluding carboxylic acids is 1. The fourth-order valence-corrected chi connectivity index (χ4v) is 1.65. The predicted octanol–water partition coefficient (Wildman–Crippen LogP) is 1.01. The molecular weight excluding hydrogens is 236 g/mol. The maximum Gasteiger partial charge on any atom is 0.321 e. The summed E-state index contributed by atoms with van der Waals surface area (Å²) in [5, 5.41) is 11.4. The second-order valence-corrected chi connectivity index (χ2v) is 5.75. The quantitative estimate of drug-likeness (QED) is 0.735. The van der Waals surface area contributed by atoms with Crippen LogP contribution < -0.4 is 5.32 Å². The Kier molecular flexibility index (Phi) is 4.11. The smallest absolute Gasteiger partial charge is 0.321 e. The molecule has 1 heterocycles. The largest absolute Gasteiger partial charge is 0.481 e. The van der Waals surface area contributed by atoms with Gasteiger partial charge in [-0.2, -0.15) is 0 Å². The van der Waals surface area contributed by atoms with Crippen molar-refractivity contribution in [2.24, 2.45) is 16.3 Å². The van der Waals surface area contributed by atoms with Crippen LogP contribution in [0.1, 0.15) is 34.1 Å². The number of aliphatic imine (C=N–C) groups is 1. The third-order valence-corrected chi connectivity index (χ3v) is 2.82. The molecule has 0 aliphatic carbocycles. The van der Waals surface area contributed by atoms with Crippen LogP contribution in [0.5, 0.6) is 0 Å². The Morgan fingerprint density at radius 1 is 1.61 bits per heavy atom. The zero-order chi connectivity index (χ0) is 14.0. The number of amides is 1. The molecule has 0 bridgehead atoms. The van der Waals surface area contributed by atoms with Crippen molar-refractivity contribution in [1.82, 2.24) is 5.32 Å². The Balaban J connectivity index is 2.75. The number of carboxylic acid groups (broad SMARTS) is 1. The van der Waals surface area contributed by atoms with Crippen molar-refractivity contribution in [3.05, 3.63) is 0 Å². The van der Waals surface area contributed by atoms with Crippen LogP contribution in [0.15, 0.2) is 4.99 Å². The molecule has 0 fully saturated rings. The normalized spacial score (nSPS) is 28.0. The van der Waals surface area contributed by atoms with Crippen molar-refractivity contribution in [3.8, 4) is 0 Å². The molecule has 102 valence electrons. The third-order valence-electron chi connectivity index (χ3n) is 2.82. The minimum absolute atomic E-state index is 0.0791. The first-order valence-corrected chi connectivity index (χ1v) is 5.86. The average molecular weight is 256 g/mol. The van der Waals surface area contributed by atoms with Gasteiger partial charge in [-0.05, 0) is 18.8 Å². The maximum absolute atomic E-state index is 11.5. The number of carbonyl (C=O) groups is 2. The van der Waals surface area contributed by atoms with Crippen molar-refractivity contribution in [2.75, 3.05) is 6.61 Å². The highest BCUT2D eigenvalue weighted by Gasteiger charge is 2.47. The highest BCUT2D eigenvalue weighted by atomic mass is 16.5. The molecule has 0 saturated heterocycles. The van der Waals surface area contributed by atoms with Gasteiger partial charge in [-0.25, -0.2) is 4.99 Å². The summed E-state index contributed by atoms with van der Waals surface area (Å²) >= 11 is 0. The Morgan fingerprint density at radius 2 is 2.22 bits per heavy atom. The minimum Gasteiger partial charge on any atom is -0.481 e. The number of aliphatic carboxylic acids is 1. The van der Waals surface area contributed by atoms with Gasteiger partial charge in [0.1, 0.15) is 0 Å². The predicted molar refractivity (Wildman–Crippen MR) is 66.2 cm³/mol. The summed E-state index contributed by atoms with van der Waals surface area (Å²) in [5.74, 6) is -3.15. The van der Waals surface area contributed by atoms with Crippen molar-refractivity contribution < 1.29 is 19.4 Å². The van der Waals surface area contributed by atoms with E-state index in [9.17, 15) is 9.59 Å². The zero-order valence-corrected chi connectivity index (χ0v) is 11.2. The third kappa shape index (κ3) is 3.53. The fourth-order valence-electron chi connectivity index (χ4n) is 1.65. The molecule has 1 aliphatic rings. The van der Waals surface area contributed by atoms with Gasteiger partial charge in [-0.1, -0.05) is 20.8 Å². The molecule has 1 amide bonds. The summed E-state index contributed by atoms with van der Waals surface area (Å²) in [7, 11) is 0. The summed E-state index contributed by atoms with van der Waals surface area (Å²) in [6, 6.07) is 0. The van der Waals surface area contributed by atoms with E-state index in [4.69, 9.17) is 9.84 Å². The van der Waals surface area contributed by atoms with Gasteiger partial charge < -0.3 is 15.2 Å². The lowest BCUT2D eigenvalue weighted by Crippen LogP contribution is -2.53. The van der Waals surface area contributed by atoms with Gasteiger partial charge >= 0.3 is 5.97 Å². The van der Waals surface area contributed by atoms with Gasteiger partial charge in [0.2, 0.25) is 5.91 Å².